The molecule has 1 aliphatic heterocycles. The van der Waals surface area contributed by atoms with Crippen molar-refractivity contribution < 1.29 is 0 Å². The summed E-state index contributed by atoms with van der Waals surface area (Å²) >= 11 is 6.21. The number of nitrogens with one attached hydrogen (secondary N) is 1. The van der Waals surface area contributed by atoms with Crippen molar-refractivity contribution >= 4 is 41.5 Å². The zero-order valence-corrected chi connectivity index (χ0v) is 17.7. The van der Waals surface area contributed by atoms with E-state index in [4.69, 9.17) is 11.6 Å². The molecule has 136 valence electrons. The van der Waals surface area contributed by atoms with E-state index in [0.29, 0.717) is 5.92 Å². The number of guanidine groups is 1. The maximum absolute atomic E-state index is 6.21. The van der Waals surface area contributed by atoms with Gasteiger partial charge in [0.05, 0.1) is 6.20 Å². The fraction of sp³-hybridized carbons (Fsp3) is 0.444. The highest BCUT2D eigenvalue weighted by Crippen LogP contribution is 2.26. The molecule has 0 aliphatic carbocycles. The maximum atomic E-state index is 6.21. The molecule has 1 saturated heterocycles. The third-order valence-corrected chi connectivity index (χ3v) is 4.90. The van der Waals surface area contributed by atoms with Crippen LogP contribution in [0.25, 0.3) is 0 Å². The topological polar surface area (TPSA) is 45.5 Å². The van der Waals surface area contributed by atoms with Gasteiger partial charge in [-0.15, -0.1) is 24.0 Å². The zero-order chi connectivity index (χ0) is 16.9. The molecule has 25 heavy (non-hydrogen) atoms. The quantitative estimate of drug-likeness (QED) is 0.421. The van der Waals surface area contributed by atoms with Crippen LogP contribution in [0.1, 0.15) is 23.5 Å². The molecule has 0 spiro atoms. The van der Waals surface area contributed by atoms with Gasteiger partial charge >= 0.3 is 0 Å². The van der Waals surface area contributed by atoms with Crippen LogP contribution in [-0.2, 0) is 13.5 Å². The molecule has 1 aliphatic rings. The van der Waals surface area contributed by atoms with E-state index in [1.165, 1.54) is 5.56 Å². The van der Waals surface area contributed by atoms with Gasteiger partial charge in [0, 0.05) is 50.9 Å². The number of hydrogen-bond acceptors (Lipinski definition) is 2. The van der Waals surface area contributed by atoms with E-state index >= 15 is 0 Å². The van der Waals surface area contributed by atoms with Crippen molar-refractivity contribution in [2.45, 2.75) is 18.8 Å². The molecule has 0 amide bonds. The lowest BCUT2D eigenvalue weighted by Crippen LogP contribution is -2.40. The van der Waals surface area contributed by atoms with Gasteiger partial charge in [0.1, 0.15) is 0 Å². The summed E-state index contributed by atoms with van der Waals surface area (Å²) in [4.78, 5) is 6.76. The van der Waals surface area contributed by atoms with Crippen LogP contribution in [0.3, 0.4) is 0 Å². The average Bonchev–Trinajstić information content (AvgIpc) is 3.22. The summed E-state index contributed by atoms with van der Waals surface area (Å²) in [5.41, 5.74) is 2.48. The minimum absolute atomic E-state index is 0. The van der Waals surface area contributed by atoms with Crippen molar-refractivity contribution in [2.75, 3.05) is 26.7 Å². The highest BCUT2D eigenvalue weighted by atomic mass is 127. The number of aliphatic imine (C=N–C) groups is 1. The number of aryl methyl sites for hydroxylation is 1. The summed E-state index contributed by atoms with van der Waals surface area (Å²) in [6.07, 6.45) is 6.11. The smallest absolute Gasteiger partial charge is 0.193 e. The number of benzene rings is 1. The van der Waals surface area contributed by atoms with Crippen LogP contribution < -0.4 is 5.32 Å². The Morgan fingerprint density at radius 2 is 2.20 bits per heavy atom. The van der Waals surface area contributed by atoms with Crippen molar-refractivity contribution in [1.29, 1.82) is 0 Å². The van der Waals surface area contributed by atoms with E-state index in [1.54, 1.807) is 0 Å². The Hall–Kier alpha value is -1.28. The Labute approximate surface area is 171 Å². The largest absolute Gasteiger partial charge is 0.356 e. The molecule has 5 nitrogen and oxygen atoms in total. The first kappa shape index (κ1) is 20.0. The molecule has 1 unspecified atom stereocenters. The van der Waals surface area contributed by atoms with E-state index in [0.717, 1.165) is 49.0 Å². The molecule has 0 saturated carbocycles. The van der Waals surface area contributed by atoms with Crippen molar-refractivity contribution in [1.82, 2.24) is 20.0 Å². The minimum Gasteiger partial charge on any atom is -0.356 e. The third-order valence-electron chi connectivity index (χ3n) is 4.53. The molecule has 1 atom stereocenters. The Balaban J connectivity index is 0.00000225. The Bertz CT molecular complexity index is 715. The van der Waals surface area contributed by atoms with Gasteiger partial charge in [0.2, 0.25) is 0 Å². The molecule has 0 radical (unpaired) electrons. The second-order valence-electron chi connectivity index (χ2n) is 6.19. The summed E-state index contributed by atoms with van der Waals surface area (Å²) in [6.45, 7) is 2.83. The van der Waals surface area contributed by atoms with Gasteiger partial charge in [0.25, 0.3) is 0 Å². The molecule has 1 aromatic carbocycles. The molecule has 0 bridgehead atoms. The first-order valence-corrected chi connectivity index (χ1v) is 8.72. The zero-order valence-electron chi connectivity index (χ0n) is 14.7. The lowest BCUT2D eigenvalue weighted by atomic mass is 10.0. The summed E-state index contributed by atoms with van der Waals surface area (Å²) in [7, 11) is 3.81. The number of hydrogen-bond donors (Lipinski definition) is 1. The SMILES string of the molecule is CN=C(NCCc1ccccc1Cl)N1CCC(c2cnn(C)c2)C1.I. The highest BCUT2D eigenvalue weighted by molar-refractivity contribution is 14.0. The van der Waals surface area contributed by atoms with Crippen LogP contribution in [0.4, 0.5) is 0 Å². The van der Waals surface area contributed by atoms with E-state index in [2.05, 4.69) is 32.6 Å². The summed E-state index contributed by atoms with van der Waals surface area (Å²) < 4.78 is 1.87. The van der Waals surface area contributed by atoms with Crippen molar-refractivity contribution in [3.63, 3.8) is 0 Å². The van der Waals surface area contributed by atoms with Gasteiger partial charge in [-0.3, -0.25) is 9.67 Å². The number of nitrogens with zero attached hydrogens (tertiary/aromatic N) is 4. The monoisotopic (exact) mass is 473 g/mol. The fourth-order valence-corrected chi connectivity index (χ4v) is 3.45. The van der Waals surface area contributed by atoms with Crippen LogP contribution in [0.2, 0.25) is 5.02 Å². The van der Waals surface area contributed by atoms with E-state index in [-0.39, 0.29) is 24.0 Å². The highest BCUT2D eigenvalue weighted by Gasteiger charge is 2.26. The molecule has 1 aromatic heterocycles. The molecule has 2 heterocycles. The van der Waals surface area contributed by atoms with Gasteiger partial charge in [-0.1, -0.05) is 29.8 Å². The number of rotatable bonds is 4. The summed E-state index contributed by atoms with van der Waals surface area (Å²) in [6, 6.07) is 7.99. The molecular weight excluding hydrogens is 449 g/mol. The maximum Gasteiger partial charge on any atom is 0.193 e. The van der Waals surface area contributed by atoms with Gasteiger partial charge in [-0.05, 0) is 30.0 Å². The summed E-state index contributed by atoms with van der Waals surface area (Å²) in [5.74, 6) is 1.49. The molecule has 1 fully saturated rings. The molecular formula is C18H25ClIN5. The molecule has 3 rings (SSSR count). The average molecular weight is 474 g/mol. The standard InChI is InChI=1S/C18H24ClN5.HI/c1-20-18(21-9-7-14-5-3-4-6-17(14)19)24-10-8-15(13-24)16-11-22-23(2)12-16;/h3-6,11-12,15H,7-10,13H2,1-2H3,(H,20,21);1H. The lowest BCUT2D eigenvalue weighted by Gasteiger charge is -2.21. The minimum atomic E-state index is 0. The van der Waals surface area contributed by atoms with E-state index in [9.17, 15) is 0 Å². The van der Waals surface area contributed by atoms with Crippen molar-refractivity contribution in [3.05, 3.63) is 52.8 Å². The van der Waals surface area contributed by atoms with Gasteiger partial charge in [-0.25, -0.2) is 0 Å². The third kappa shape index (κ3) is 5.10. The van der Waals surface area contributed by atoms with Gasteiger partial charge < -0.3 is 10.2 Å². The molecule has 1 N–H and O–H groups in total. The first-order chi connectivity index (χ1) is 11.7. The van der Waals surface area contributed by atoms with Crippen LogP contribution in [0.5, 0.6) is 0 Å². The summed E-state index contributed by atoms with van der Waals surface area (Å²) in [5, 5.41) is 8.57. The Morgan fingerprint density at radius 1 is 1.40 bits per heavy atom. The predicted molar refractivity (Wildman–Crippen MR) is 114 cm³/mol. The lowest BCUT2D eigenvalue weighted by molar-refractivity contribution is 0.486. The molecule has 7 heteroatoms. The fourth-order valence-electron chi connectivity index (χ4n) is 3.22. The van der Waals surface area contributed by atoms with Crippen LogP contribution in [0, 0.1) is 0 Å². The second kappa shape index (κ2) is 9.43. The van der Waals surface area contributed by atoms with Crippen LogP contribution >= 0.6 is 35.6 Å². The first-order valence-electron chi connectivity index (χ1n) is 8.35. The van der Waals surface area contributed by atoms with E-state index < -0.39 is 0 Å². The van der Waals surface area contributed by atoms with Crippen molar-refractivity contribution in [2.24, 2.45) is 12.0 Å². The second-order valence-corrected chi connectivity index (χ2v) is 6.60. The molecule has 2 aromatic rings. The van der Waals surface area contributed by atoms with Gasteiger partial charge in [-0.2, -0.15) is 5.10 Å². The number of halogens is 2. The normalized spacial score (nSPS) is 17.5. The van der Waals surface area contributed by atoms with Crippen molar-refractivity contribution in [3.8, 4) is 0 Å². The number of likely N-dealkylation sites (tertiary alicyclic amines) is 1. The van der Waals surface area contributed by atoms with E-state index in [1.807, 2.05) is 43.2 Å². The predicted octanol–water partition coefficient (Wildman–Crippen LogP) is 3.30. The Kier molecular flexibility index (Phi) is 7.56. The Morgan fingerprint density at radius 3 is 2.88 bits per heavy atom. The van der Waals surface area contributed by atoms with Crippen LogP contribution in [0.15, 0.2) is 41.7 Å². The van der Waals surface area contributed by atoms with Crippen LogP contribution in [-0.4, -0.2) is 47.3 Å². The number of aromatic nitrogens is 2. The van der Waals surface area contributed by atoms with Gasteiger partial charge in [0.15, 0.2) is 5.96 Å².